The highest BCUT2D eigenvalue weighted by molar-refractivity contribution is 7.14. The molecule has 4 rings (SSSR count). The lowest BCUT2D eigenvalue weighted by Crippen LogP contribution is -2.05. The van der Waals surface area contributed by atoms with E-state index in [0.29, 0.717) is 5.56 Å². The van der Waals surface area contributed by atoms with Crippen molar-refractivity contribution in [3.05, 3.63) is 52.0 Å². The van der Waals surface area contributed by atoms with Crippen molar-refractivity contribution in [2.45, 2.75) is 13.2 Å². The second kappa shape index (κ2) is 9.18. The van der Waals surface area contributed by atoms with E-state index in [1.807, 2.05) is 16.8 Å². The summed E-state index contributed by atoms with van der Waals surface area (Å²) in [7, 11) is 1.32. The lowest BCUT2D eigenvalue weighted by atomic mass is 10.2. The van der Waals surface area contributed by atoms with E-state index in [1.165, 1.54) is 36.6 Å². The molecule has 0 fully saturated rings. The highest BCUT2D eigenvalue weighted by Crippen LogP contribution is 2.32. The third-order valence-electron chi connectivity index (χ3n) is 3.91. The van der Waals surface area contributed by atoms with Gasteiger partial charge in [0.2, 0.25) is 5.82 Å². The third-order valence-corrected chi connectivity index (χ3v) is 5.49. The van der Waals surface area contributed by atoms with Crippen LogP contribution in [0.5, 0.6) is 11.5 Å². The van der Waals surface area contributed by atoms with E-state index in [4.69, 9.17) is 14.0 Å². The minimum absolute atomic E-state index is 0.0588. The fraction of sp³-hybridized carbons (Fsp3) is 0.158. The van der Waals surface area contributed by atoms with E-state index in [1.54, 1.807) is 16.7 Å². The van der Waals surface area contributed by atoms with Gasteiger partial charge >= 0.3 is 12.6 Å². The van der Waals surface area contributed by atoms with Crippen LogP contribution in [0.4, 0.5) is 8.78 Å². The molecule has 31 heavy (non-hydrogen) atoms. The number of halogens is 2. The molecule has 0 spiro atoms. The number of carbonyl (C=O) groups excluding carboxylic acids is 1. The van der Waals surface area contributed by atoms with Gasteiger partial charge in [0.15, 0.2) is 23.8 Å². The highest BCUT2D eigenvalue weighted by atomic mass is 32.1. The summed E-state index contributed by atoms with van der Waals surface area (Å²) in [6.45, 7) is -3.23. The van der Waals surface area contributed by atoms with Gasteiger partial charge in [0, 0.05) is 21.9 Å². The van der Waals surface area contributed by atoms with Gasteiger partial charge in [0.25, 0.3) is 5.89 Å². The van der Waals surface area contributed by atoms with Crippen LogP contribution in [0.25, 0.3) is 22.0 Å². The third kappa shape index (κ3) is 4.86. The number of ether oxygens (including phenoxy) is 3. The largest absolute Gasteiger partial charge is 0.493 e. The Morgan fingerprint density at radius 1 is 1.16 bits per heavy atom. The number of hydrogen-bond donors (Lipinski definition) is 0. The molecular formula is C19H13F2N3O5S2. The van der Waals surface area contributed by atoms with Crippen molar-refractivity contribution < 1.29 is 32.3 Å². The number of esters is 1. The average Bonchev–Trinajstić information content (AvgIpc) is 3.53. The van der Waals surface area contributed by atoms with Crippen molar-refractivity contribution in [2.75, 3.05) is 7.11 Å². The van der Waals surface area contributed by atoms with E-state index in [2.05, 4.69) is 19.9 Å². The Hall–Kier alpha value is -3.38. The normalized spacial score (nSPS) is 11.0. The molecule has 160 valence electrons. The van der Waals surface area contributed by atoms with Crippen molar-refractivity contribution in [3.63, 3.8) is 0 Å². The van der Waals surface area contributed by atoms with Crippen molar-refractivity contribution in [2.24, 2.45) is 0 Å². The van der Waals surface area contributed by atoms with Gasteiger partial charge in [0.05, 0.1) is 7.11 Å². The Balaban J connectivity index is 1.41. The van der Waals surface area contributed by atoms with E-state index >= 15 is 0 Å². The quantitative estimate of drug-likeness (QED) is 0.340. The second-order valence-corrected chi connectivity index (χ2v) is 7.52. The van der Waals surface area contributed by atoms with Crippen LogP contribution in [0.15, 0.2) is 44.9 Å². The zero-order chi connectivity index (χ0) is 21.8. The second-order valence-electron chi connectivity index (χ2n) is 5.88. The predicted molar refractivity (Wildman–Crippen MR) is 107 cm³/mol. The summed E-state index contributed by atoms with van der Waals surface area (Å²) < 4.78 is 44.6. The zero-order valence-electron chi connectivity index (χ0n) is 15.8. The van der Waals surface area contributed by atoms with Gasteiger partial charge in [-0.05, 0) is 29.6 Å². The number of aromatic nitrogens is 3. The standard InChI is InChI=1S/C19H13F2N3O5S2/c1-26-14-6-10(2-3-13(14)28-19(20)21)16-23-15(29-24-16)7-27-18(25)12-9-31-17(22-12)11-4-5-30-8-11/h2-6,8-9,19H,7H2,1H3. The smallest absolute Gasteiger partial charge is 0.387 e. The predicted octanol–water partition coefficient (Wildman–Crippen LogP) is 4.89. The first-order valence-electron chi connectivity index (χ1n) is 8.64. The van der Waals surface area contributed by atoms with Gasteiger partial charge in [0.1, 0.15) is 5.01 Å². The summed E-state index contributed by atoms with van der Waals surface area (Å²) in [6, 6.07) is 6.13. The molecule has 12 heteroatoms. The van der Waals surface area contributed by atoms with Crippen LogP contribution < -0.4 is 9.47 Å². The Labute approximate surface area is 182 Å². The van der Waals surface area contributed by atoms with Crippen molar-refractivity contribution in [1.29, 1.82) is 0 Å². The monoisotopic (exact) mass is 465 g/mol. The minimum Gasteiger partial charge on any atom is -0.493 e. The summed E-state index contributed by atoms with van der Waals surface area (Å²) in [5.74, 6) is -0.429. The van der Waals surface area contributed by atoms with Gasteiger partial charge in [-0.3, -0.25) is 0 Å². The molecule has 4 aromatic rings. The van der Waals surface area contributed by atoms with Crippen LogP contribution in [-0.2, 0) is 11.3 Å². The van der Waals surface area contributed by atoms with Gasteiger partial charge < -0.3 is 18.7 Å². The molecule has 0 radical (unpaired) electrons. The molecule has 0 aliphatic heterocycles. The number of benzene rings is 1. The van der Waals surface area contributed by atoms with E-state index in [-0.39, 0.29) is 35.5 Å². The average molecular weight is 465 g/mol. The molecule has 3 aromatic heterocycles. The van der Waals surface area contributed by atoms with Crippen LogP contribution in [-0.4, -0.2) is 34.8 Å². The number of carbonyl (C=O) groups is 1. The first-order valence-corrected chi connectivity index (χ1v) is 10.5. The summed E-state index contributed by atoms with van der Waals surface area (Å²) in [4.78, 5) is 20.6. The summed E-state index contributed by atoms with van der Waals surface area (Å²) in [6.07, 6.45) is 0. The SMILES string of the molecule is COc1cc(-c2noc(COC(=O)c3csc(-c4ccsc4)n3)n2)ccc1OC(F)F. The lowest BCUT2D eigenvalue weighted by molar-refractivity contribution is -0.0512. The molecule has 1 aromatic carbocycles. The number of thiazole rings is 1. The number of rotatable bonds is 8. The topological polar surface area (TPSA) is 96.6 Å². The maximum atomic E-state index is 12.4. The number of nitrogens with zero attached hydrogens (tertiary/aromatic N) is 3. The molecule has 8 nitrogen and oxygen atoms in total. The van der Waals surface area contributed by atoms with Crippen molar-refractivity contribution >= 4 is 28.6 Å². The molecule has 0 saturated heterocycles. The maximum Gasteiger partial charge on any atom is 0.387 e. The van der Waals surface area contributed by atoms with Crippen LogP contribution in [0.3, 0.4) is 0 Å². The molecule has 0 amide bonds. The first-order chi connectivity index (χ1) is 15.0. The molecule has 0 unspecified atom stereocenters. The van der Waals surface area contributed by atoms with Crippen LogP contribution in [0, 0.1) is 0 Å². The van der Waals surface area contributed by atoms with E-state index in [0.717, 1.165) is 10.6 Å². The van der Waals surface area contributed by atoms with E-state index in [9.17, 15) is 13.6 Å². The Kier molecular flexibility index (Phi) is 6.18. The Morgan fingerprint density at radius 3 is 2.77 bits per heavy atom. The Morgan fingerprint density at radius 2 is 2.03 bits per heavy atom. The first kappa shape index (κ1) is 20.9. The van der Waals surface area contributed by atoms with Gasteiger partial charge in [-0.25, -0.2) is 9.78 Å². The van der Waals surface area contributed by atoms with Crippen LogP contribution in [0.1, 0.15) is 16.4 Å². The fourth-order valence-corrected chi connectivity index (χ4v) is 4.02. The van der Waals surface area contributed by atoms with Gasteiger partial charge in [-0.15, -0.1) is 11.3 Å². The number of hydrogen-bond acceptors (Lipinski definition) is 10. The summed E-state index contributed by atoms with van der Waals surface area (Å²) >= 11 is 2.88. The van der Waals surface area contributed by atoms with Crippen molar-refractivity contribution in [1.82, 2.24) is 15.1 Å². The van der Waals surface area contributed by atoms with Crippen molar-refractivity contribution in [3.8, 4) is 33.5 Å². The zero-order valence-corrected chi connectivity index (χ0v) is 17.4. The van der Waals surface area contributed by atoms with Gasteiger partial charge in [-0.1, -0.05) is 5.16 Å². The molecule has 0 saturated carbocycles. The van der Waals surface area contributed by atoms with Crippen LogP contribution in [0.2, 0.25) is 0 Å². The molecule has 3 heterocycles. The highest BCUT2D eigenvalue weighted by Gasteiger charge is 2.17. The molecule has 0 bridgehead atoms. The Bertz CT molecular complexity index is 1180. The minimum atomic E-state index is -2.98. The van der Waals surface area contributed by atoms with Gasteiger partial charge in [-0.2, -0.15) is 25.1 Å². The molecule has 0 atom stereocenters. The maximum absolute atomic E-state index is 12.4. The summed E-state index contributed by atoms with van der Waals surface area (Å²) in [5, 5.41) is 10.0. The van der Waals surface area contributed by atoms with Crippen LogP contribution >= 0.6 is 22.7 Å². The fourth-order valence-electron chi connectivity index (χ4n) is 2.52. The lowest BCUT2D eigenvalue weighted by Gasteiger charge is -2.10. The number of methoxy groups -OCH3 is 1. The number of alkyl halides is 2. The molecule has 0 aliphatic rings. The summed E-state index contributed by atoms with van der Waals surface area (Å²) in [5.41, 5.74) is 1.57. The molecule has 0 aliphatic carbocycles. The van der Waals surface area contributed by atoms with E-state index < -0.39 is 12.6 Å². The molecule has 0 N–H and O–H groups in total. The molecular weight excluding hydrogens is 452 g/mol. The number of thiophene rings is 1.